The maximum atomic E-state index is 5.83. The molecule has 1 aliphatic rings. The van der Waals surface area contributed by atoms with E-state index in [1.54, 1.807) is 0 Å². The second kappa shape index (κ2) is 6.88. The molecular formula is C15H23NO2. The van der Waals surface area contributed by atoms with Gasteiger partial charge in [0.25, 0.3) is 0 Å². The highest BCUT2D eigenvalue weighted by molar-refractivity contribution is 5.16. The van der Waals surface area contributed by atoms with Crippen LogP contribution in [0.15, 0.2) is 30.3 Å². The van der Waals surface area contributed by atoms with Gasteiger partial charge in [0.15, 0.2) is 0 Å². The Bertz CT molecular complexity index is 332. The third-order valence-corrected chi connectivity index (χ3v) is 3.11. The maximum absolute atomic E-state index is 5.83. The normalized spacial score (nSPS) is 24.4. The molecule has 0 amide bonds. The molecule has 0 bridgehead atoms. The van der Waals surface area contributed by atoms with Crippen molar-refractivity contribution >= 4 is 0 Å². The van der Waals surface area contributed by atoms with Crippen molar-refractivity contribution in [2.75, 3.05) is 19.8 Å². The molecule has 1 aromatic rings. The van der Waals surface area contributed by atoms with E-state index in [0.717, 1.165) is 19.6 Å². The molecule has 3 nitrogen and oxygen atoms in total. The summed E-state index contributed by atoms with van der Waals surface area (Å²) in [6.07, 6.45) is 1.49. The summed E-state index contributed by atoms with van der Waals surface area (Å²) in [5, 5.41) is 3.54. The fraction of sp³-hybridized carbons (Fsp3) is 0.600. The fourth-order valence-corrected chi connectivity index (χ4v) is 2.10. The first-order chi connectivity index (χ1) is 8.74. The Hall–Kier alpha value is -0.900. The van der Waals surface area contributed by atoms with Crippen LogP contribution in [0.25, 0.3) is 0 Å². The zero-order chi connectivity index (χ0) is 12.8. The Kier molecular flexibility index (Phi) is 5.17. The Morgan fingerprint density at radius 2 is 2.11 bits per heavy atom. The summed E-state index contributed by atoms with van der Waals surface area (Å²) in [5.41, 5.74) is 1.36. The van der Waals surface area contributed by atoms with E-state index in [-0.39, 0.29) is 12.2 Å². The van der Waals surface area contributed by atoms with Crippen LogP contribution in [0.4, 0.5) is 0 Å². The van der Waals surface area contributed by atoms with Gasteiger partial charge in [0.05, 0.1) is 25.4 Å². The topological polar surface area (TPSA) is 30.5 Å². The van der Waals surface area contributed by atoms with Crippen molar-refractivity contribution < 1.29 is 9.47 Å². The van der Waals surface area contributed by atoms with Crippen LogP contribution in [0.1, 0.15) is 19.4 Å². The molecule has 1 saturated heterocycles. The van der Waals surface area contributed by atoms with Gasteiger partial charge in [-0.25, -0.2) is 0 Å². The molecule has 0 aromatic heterocycles. The number of hydrogen-bond acceptors (Lipinski definition) is 3. The van der Waals surface area contributed by atoms with E-state index in [9.17, 15) is 0 Å². The first-order valence-electron chi connectivity index (χ1n) is 6.74. The van der Waals surface area contributed by atoms with E-state index in [1.165, 1.54) is 5.56 Å². The molecule has 0 radical (unpaired) electrons. The summed E-state index contributed by atoms with van der Waals surface area (Å²) >= 11 is 0. The van der Waals surface area contributed by atoms with Gasteiger partial charge in [-0.3, -0.25) is 0 Å². The summed E-state index contributed by atoms with van der Waals surface area (Å²) < 4.78 is 11.4. The number of morpholine rings is 1. The van der Waals surface area contributed by atoms with Crippen LogP contribution < -0.4 is 5.32 Å². The largest absolute Gasteiger partial charge is 0.376 e. The zero-order valence-corrected chi connectivity index (χ0v) is 11.3. The van der Waals surface area contributed by atoms with Gasteiger partial charge in [-0.1, -0.05) is 30.3 Å². The molecule has 18 heavy (non-hydrogen) atoms. The van der Waals surface area contributed by atoms with E-state index in [2.05, 4.69) is 43.4 Å². The summed E-state index contributed by atoms with van der Waals surface area (Å²) in [6.45, 7) is 6.43. The SMILES string of the molecule is CC(C)OCC1CNC(Cc2ccccc2)CO1. The quantitative estimate of drug-likeness (QED) is 0.866. The Morgan fingerprint density at radius 3 is 2.72 bits per heavy atom. The van der Waals surface area contributed by atoms with Crippen LogP contribution in [-0.4, -0.2) is 38.0 Å². The molecule has 2 rings (SSSR count). The molecule has 1 fully saturated rings. The third kappa shape index (κ3) is 4.41. The summed E-state index contributed by atoms with van der Waals surface area (Å²) in [4.78, 5) is 0. The second-order valence-corrected chi connectivity index (χ2v) is 5.13. The minimum absolute atomic E-state index is 0.194. The standard InChI is InChI=1S/C15H23NO2/c1-12(2)17-11-15-9-16-14(10-18-15)8-13-6-4-3-5-7-13/h3-7,12,14-16H,8-11H2,1-2H3. The molecule has 1 N–H and O–H groups in total. The monoisotopic (exact) mass is 249 g/mol. The first-order valence-corrected chi connectivity index (χ1v) is 6.74. The predicted octanol–water partition coefficient (Wildman–Crippen LogP) is 2.01. The number of rotatable bonds is 5. The van der Waals surface area contributed by atoms with Crippen LogP contribution >= 0.6 is 0 Å². The molecule has 2 atom stereocenters. The second-order valence-electron chi connectivity index (χ2n) is 5.13. The lowest BCUT2D eigenvalue weighted by Crippen LogP contribution is -2.49. The average Bonchev–Trinajstić information content (AvgIpc) is 2.39. The molecule has 3 heteroatoms. The van der Waals surface area contributed by atoms with Gasteiger partial charge in [-0.15, -0.1) is 0 Å². The van der Waals surface area contributed by atoms with E-state index < -0.39 is 0 Å². The van der Waals surface area contributed by atoms with Crippen LogP contribution in [-0.2, 0) is 15.9 Å². The Balaban J connectivity index is 1.70. The third-order valence-electron chi connectivity index (χ3n) is 3.11. The minimum Gasteiger partial charge on any atom is -0.376 e. The van der Waals surface area contributed by atoms with E-state index in [0.29, 0.717) is 12.6 Å². The molecule has 0 saturated carbocycles. The van der Waals surface area contributed by atoms with Gasteiger partial charge >= 0.3 is 0 Å². The Labute approximate surface area is 109 Å². The van der Waals surface area contributed by atoms with E-state index in [1.807, 2.05) is 6.07 Å². The lowest BCUT2D eigenvalue weighted by Gasteiger charge is -2.30. The van der Waals surface area contributed by atoms with Crippen molar-refractivity contribution in [2.45, 2.75) is 38.5 Å². The molecule has 2 unspecified atom stereocenters. The average molecular weight is 249 g/mol. The van der Waals surface area contributed by atoms with Crippen molar-refractivity contribution in [3.63, 3.8) is 0 Å². The van der Waals surface area contributed by atoms with Gasteiger partial charge in [-0.05, 0) is 25.8 Å². The van der Waals surface area contributed by atoms with Gasteiger partial charge in [0.2, 0.25) is 0 Å². The summed E-state index contributed by atoms with van der Waals surface area (Å²) in [6, 6.07) is 11.0. The molecule has 100 valence electrons. The van der Waals surface area contributed by atoms with E-state index in [4.69, 9.17) is 9.47 Å². The zero-order valence-electron chi connectivity index (χ0n) is 11.3. The highest BCUT2D eigenvalue weighted by Crippen LogP contribution is 2.09. The Morgan fingerprint density at radius 1 is 1.33 bits per heavy atom. The fourth-order valence-electron chi connectivity index (χ4n) is 2.10. The lowest BCUT2D eigenvalue weighted by atomic mass is 10.1. The number of ether oxygens (including phenoxy) is 2. The molecular weight excluding hydrogens is 226 g/mol. The smallest absolute Gasteiger partial charge is 0.0933 e. The highest BCUT2D eigenvalue weighted by Gasteiger charge is 2.21. The van der Waals surface area contributed by atoms with Crippen molar-refractivity contribution in [1.82, 2.24) is 5.32 Å². The molecule has 0 spiro atoms. The number of hydrogen-bond donors (Lipinski definition) is 1. The number of nitrogens with one attached hydrogen (secondary N) is 1. The van der Waals surface area contributed by atoms with E-state index >= 15 is 0 Å². The first kappa shape index (κ1) is 13.5. The maximum Gasteiger partial charge on any atom is 0.0933 e. The van der Waals surface area contributed by atoms with Gasteiger partial charge in [0, 0.05) is 12.6 Å². The molecule has 1 aromatic carbocycles. The highest BCUT2D eigenvalue weighted by atomic mass is 16.5. The number of benzene rings is 1. The van der Waals surface area contributed by atoms with Crippen LogP contribution in [0.5, 0.6) is 0 Å². The summed E-state index contributed by atoms with van der Waals surface area (Å²) in [7, 11) is 0. The predicted molar refractivity (Wildman–Crippen MR) is 72.8 cm³/mol. The van der Waals surface area contributed by atoms with Crippen LogP contribution in [0.3, 0.4) is 0 Å². The van der Waals surface area contributed by atoms with Crippen molar-refractivity contribution in [2.24, 2.45) is 0 Å². The van der Waals surface area contributed by atoms with Gasteiger partial charge in [0.1, 0.15) is 0 Å². The van der Waals surface area contributed by atoms with Crippen molar-refractivity contribution in [3.8, 4) is 0 Å². The van der Waals surface area contributed by atoms with Gasteiger partial charge < -0.3 is 14.8 Å². The van der Waals surface area contributed by atoms with Crippen LogP contribution in [0.2, 0.25) is 0 Å². The van der Waals surface area contributed by atoms with Crippen LogP contribution in [0, 0.1) is 0 Å². The molecule has 1 aliphatic heterocycles. The molecule has 1 heterocycles. The molecule has 0 aliphatic carbocycles. The minimum atomic E-state index is 0.194. The van der Waals surface area contributed by atoms with Crippen molar-refractivity contribution in [3.05, 3.63) is 35.9 Å². The van der Waals surface area contributed by atoms with Crippen molar-refractivity contribution in [1.29, 1.82) is 0 Å². The van der Waals surface area contributed by atoms with Gasteiger partial charge in [-0.2, -0.15) is 0 Å². The summed E-state index contributed by atoms with van der Waals surface area (Å²) in [5.74, 6) is 0. The lowest BCUT2D eigenvalue weighted by molar-refractivity contribution is -0.0594.